The number of benzene rings is 1. The molecule has 1 aromatic carbocycles. The van der Waals surface area contributed by atoms with E-state index in [1.54, 1.807) is 12.4 Å². The zero-order valence-electron chi connectivity index (χ0n) is 19.0. The first kappa shape index (κ1) is 23.7. The monoisotopic (exact) mass is 469 g/mol. The summed E-state index contributed by atoms with van der Waals surface area (Å²) in [6, 6.07) is 7.93. The number of nitrogens with one attached hydrogen (secondary N) is 1. The van der Waals surface area contributed by atoms with Crippen LogP contribution in [0.4, 0.5) is 19.0 Å². The molecule has 6 nitrogen and oxygen atoms in total. The number of anilines is 1. The normalized spacial score (nSPS) is 18.6. The van der Waals surface area contributed by atoms with Gasteiger partial charge in [-0.25, -0.2) is 15.0 Å². The van der Waals surface area contributed by atoms with Crippen LogP contribution in [0.25, 0.3) is 11.1 Å². The van der Waals surface area contributed by atoms with Gasteiger partial charge in [0, 0.05) is 42.8 Å². The van der Waals surface area contributed by atoms with Gasteiger partial charge in [-0.3, -0.25) is 4.79 Å². The number of amides is 1. The Balaban J connectivity index is 1.57. The summed E-state index contributed by atoms with van der Waals surface area (Å²) in [5.74, 6) is 0.477. The molecule has 0 spiro atoms. The Labute approximate surface area is 196 Å². The summed E-state index contributed by atoms with van der Waals surface area (Å²) < 4.78 is 38.5. The van der Waals surface area contributed by atoms with Crippen molar-refractivity contribution in [2.24, 2.45) is 5.92 Å². The van der Waals surface area contributed by atoms with Gasteiger partial charge in [-0.2, -0.15) is 13.2 Å². The summed E-state index contributed by atoms with van der Waals surface area (Å²) >= 11 is 0. The van der Waals surface area contributed by atoms with Crippen molar-refractivity contribution >= 4 is 11.7 Å². The molecule has 1 amide bonds. The summed E-state index contributed by atoms with van der Waals surface area (Å²) in [5.41, 5.74) is 2.29. The summed E-state index contributed by atoms with van der Waals surface area (Å²) in [6.45, 7) is 5.03. The maximum Gasteiger partial charge on any atom is 0.417 e. The molecule has 3 heterocycles. The minimum absolute atomic E-state index is 0.0821. The van der Waals surface area contributed by atoms with E-state index in [2.05, 4.69) is 27.2 Å². The number of alkyl halides is 3. The van der Waals surface area contributed by atoms with E-state index >= 15 is 0 Å². The third-order valence-corrected chi connectivity index (χ3v) is 6.24. The van der Waals surface area contributed by atoms with Crippen molar-refractivity contribution in [1.29, 1.82) is 0 Å². The summed E-state index contributed by atoms with van der Waals surface area (Å²) in [6.07, 6.45) is 3.05. The lowest BCUT2D eigenvalue weighted by molar-refractivity contribution is -0.137. The lowest BCUT2D eigenvalue weighted by atomic mass is 9.89. The van der Waals surface area contributed by atoms with Crippen LogP contribution in [0.1, 0.15) is 41.3 Å². The third kappa shape index (κ3) is 5.18. The molecule has 2 aromatic heterocycles. The zero-order valence-corrected chi connectivity index (χ0v) is 19.0. The van der Waals surface area contributed by atoms with Crippen LogP contribution in [-0.2, 0) is 6.18 Å². The van der Waals surface area contributed by atoms with Crippen molar-refractivity contribution in [3.63, 3.8) is 0 Å². The molecule has 9 heteroatoms. The van der Waals surface area contributed by atoms with Crippen LogP contribution in [0, 0.1) is 12.8 Å². The second kappa shape index (κ2) is 9.79. The van der Waals surface area contributed by atoms with Crippen LogP contribution < -0.4 is 5.32 Å². The summed E-state index contributed by atoms with van der Waals surface area (Å²) in [4.78, 5) is 27.7. The first-order chi connectivity index (χ1) is 16.2. The molecule has 1 fully saturated rings. The lowest BCUT2D eigenvalue weighted by Gasteiger charge is -2.40. The minimum Gasteiger partial charge on any atom is -0.368 e. The second-order valence-electron chi connectivity index (χ2n) is 8.67. The van der Waals surface area contributed by atoms with E-state index in [0.29, 0.717) is 24.5 Å². The number of likely N-dealkylation sites (tertiary alicyclic amines) is 1. The highest BCUT2D eigenvalue weighted by Crippen LogP contribution is 2.31. The molecule has 0 unspecified atom stereocenters. The van der Waals surface area contributed by atoms with Crippen LogP contribution >= 0.6 is 0 Å². The summed E-state index contributed by atoms with van der Waals surface area (Å²) in [7, 11) is 0. The minimum atomic E-state index is -4.43. The fourth-order valence-electron chi connectivity index (χ4n) is 4.37. The predicted octanol–water partition coefficient (Wildman–Crippen LogP) is 5.22. The molecule has 1 aliphatic heterocycles. The molecule has 2 atom stereocenters. The van der Waals surface area contributed by atoms with Crippen LogP contribution in [0.3, 0.4) is 0 Å². The van der Waals surface area contributed by atoms with Gasteiger partial charge in [-0.05, 0) is 49.4 Å². The molecule has 34 heavy (non-hydrogen) atoms. The molecule has 178 valence electrons. The fourth-order valence-corrected chi connectivity index (χ4v) is 4.37. The van der Waals surface area contributed by atoms with E-state index in [1.807, 2.05) is 30.0 Å². The first-order valence-electron chi connectivity index (χ1n) is 11.2. The van der Waals surface area contributed by atoms with Gasteiger partial charge < -0.3 is 10.2 Å². The third-order valence-electron chi connectivity index (χ3n) is 6.24. The summed E-state index contributed by atoms with van der Waals surface area (Å²) in [5, 5.41) is 3.13. The van der Waals surface area contributed by atoms with Gasteiger partial charge >= 0.3 is 6.18 Å². The number of halogens is 3. The zero-order chi connectivity index (χ0) is 24.3. The number of rotatable bonds is 5. The van der Waals surface area contributed by atoms with Gasteiger partial charge in [0.2, 0.25) is 0 Å². The number of hydrogen-bond acceptors (Lipinski definition) is 5. The van der Waals surface area contributed by atoms with Crippen molar-refractivity contribution in [3.05, 3.63) is 71.9 Å². The molecule has 0 aliphatic carbocycles. The molecular weight excluding hydrogens is 443 g/mol. The van der Waals surface area contributed by atoms with E-state index in [-0.39, 0.29) is 17.9 Å². The van der Waals surface area contributed by atoms with E-state index in [9.17, 15) is 18.0 Å². The number of piperidine rings is 1. The quantitative estimate of drug-likeness (QED) is 0.555. The number of nitrogens with zero attached hydrogens (tertiary/aromatic N) is 4. The number of hydrogen-bond donors (Lipinski definition) is 1. The maximum absolute atomic E-state index is 13.8. The van der Waals surface area contributed by atoms with Crippen LogP contribution in [0.2, 0.25) is 0 Å². The Morgan fingerprint density at radius 1 is 1.15 bits per heavy atom. The van der Waals surface area contributed by atoms with Gasteiger partial charge in [0.05, 0.1) is 11.6 Å². The Bertz CT molecular complexity index is 1140. The molecule has 0 bridgehead atoms. The average molecular weight is 470 g/mol. The predicted molar refractivity (Wildman–Crippen MR) is 123 cm³/mol. The van der Waals surface area contributed by atoms with Crippen molar-refractivity contribution in [2.45, 2.75) is 38.9 Å². The van der Waals surface area contributed by atoms with Crippen LogP contribution in [0.5, 0.6) is 0 Å². The fraction of sp³-hybridized carbons (Fsp3) is 0.360. The highest BCUT2D eigenvalue weighted by molar-refractivity contribution is 6.01. The highest BCUT2D eigenvalue weighted by Gasteiger charge is 2.34. The van der Waals surface area contributed by atoms with E-state index in [1.165, 1.54) is 12.4 Å². The molecule has 4 rings (SSSR count). The average Bonchev–Trinajstić information content (AvgIpc) is 2.83. The van der Waals surface area contributed by atoms with Gasteiger partial charge in [0.25, 0.3) is 5.91 Å². The van der Waals surface area contributed by atoms with Gasteiger partial charge in [0.15, 0.2) is 0 Å². The van der Waals surface area contributed by atoms with Crippen molar-refractivity contribution < 1.29 is 18.0 Å². The molecular formula is C25H26F3N5O. The lowest BCUT2D eigenvalue weighted by Crippen LogP contribution is -2.51. The molecule has 1 saturated heterocycles. The van der Waals surface area contributed by atoms with Gasteiger partial charge in [-0.1, -0.05) is 24.6 Å². The molecule has 1 N–H and O–H groups in total. The number of carbonyl (C=O) groups excluding carboxylic acids is 1. The first-order valence-corrected chi connectivity index (χ1v) is 11.2. The molecule has 0 radical (unpaired) electrons. The Morgan fingerprint density at radius 2 is 1.91 bits per heavy atom. The topological polar surface area (TPSA) is 71.0 Å². The van der Waals surface area contributed by atoms with E-state index in [0.717, 1.165) is 41.8 Å². The smallest absolute Gasteiger partial charge is 0.368 e. The van der Waals surface area contributed by atoms with Crippen molar-refractivity contribution in [2.75, 3.05) is 18.4 Å². The number of pyridine rings is 1. The Hall–Kier alpha value is -3.49. The van der Waals surface area contributed by atoms with Gasteiger partial charge in [-0.15, -0.1) is 0 Å². The van der Waals surface area contributed by atoms with Gasteiger partial charge in [0.1, 0.15) is 12.1 Å². The second-order valence-corrected chi connectivity index (χ2v) is 8.67. The molecule has 0 saturated carbocycles. The van der Waals surface area contributed by atoms with Crippen molar-refractivity contribution in [3.8, 4) is 11.1 Å². The Kier molecular flexibility index (Phi) is 6.81. The van der Waals surface area contributed by atoms with E-state index in [4.69, 9.17) is 0 Å². The van der Waals surface area contributed by atoms with Crippen molar-refractivity contribution in [1.82, 2.24) is 19.9 Å². The maximum atomic E-state index is 13.8. The number of aromatic nitrogens is 3. The SMILES string of the molecule is Cc1ccc(-c2cncnc2)c(C(=O)N2CCC[C@@H](C)[C@H]2CNc2ccc(C(F)(F)F)cn2)c1. The highest BCUT2D eigenvalue weighted by atomic mass is 19.4. The Morgan fingerprint density at radius 3 is 2.59 bits per heavy atom. The van der Waals surface area contributed by atoms with Crippen LogP contribution in [0.15, 0.2) is 55.2 Å². The van der Waals surface area contributed by atoms with E-state index < -0.39 is 11.7 Å². The van der Waals surface area contributed by atoms with Crippen LogP contribution in [-0.4, -0.2) is 44.9 Å². The largest absolute Gasteiger partial charge is 0.417 e. The number of carbonyl (C=O) groups is 1. The number of aryl methyl sites for hydroxylation is 1. The standard InChI is InChI=1S/C25H26F3N5O/c1-16-5-7-20(18-11-29-15-30-12-18)21(10-16)24(34)33-9-3-4-17(2)22(33)14-32-23-8-6-19(13-31-23)25(26,27)28/h5-8,10-13,15,17,22H,3-4,9,14H2,1-2H3,(H,31,32)/t17-,22-/m1/s1. The molecule has 3 aromatic rings. The molecule has 1 aliphatic rings.